The number of nitrogens with zero attached hydrogens (tertiary/aromatic N) is 1. The van der Waals surface area contributed by atoms with Gasteiger partial charge in [0.15, 0.2) is 28.1 Å². The maximum Gasteiger partial charge on any atom is 0.231 e. The molecule has 0 spiro atoms. The number of ether oxygens (including phenoxy) is 4. The van der Waals surface area contributed by atoms with Gasteiger partial charge in [0.25, 0.3) is 0 Å². The molecule has 0 radical (unpaired) electrons. The summed E-state index contributed by atoms with van der Waals surface area (Å²) in [6.45, 7) is 3.52. The molecule has 3 rings (SSSR count). The summed E-state index contributed by atoms with van der Waals surface area (Å²) in [5, 5.41) is 7.68. The van der Waals surface area contributed by atoms with E-state index < -0.39 is 0 Å². The van der Waals surface area contributed by atoms with E-state index in [9.17, 15) is 0 Å². The molecule has 0 atom stereocenters. The van der Waals surface area contributed by atoms with Crippen molar-refractivity contribution in [3.05, 3.63) is 47.5 Å². The van der Waals surface area contributed by atoms with Gasteiger partial charge in [0.2, 0.25) is 6.79 Å². The Kier molecular flexibility index (Phi) is 6.91. The topological polar surface area (TPSA) is 73.3 Å². The van der Waals surface area contributed by atoms with E-state index in [1.807, 2.05) is 36.4 Å². The molecule has 28 heavy (non-hydrogen) atoms. The molecule has 1 heterocycles. The minimum Gasteiger partial charge on any atom is -0.493 e. The van der Waals surface area contributed by atoms with Crippen molar-refractivity contribution in [3.63, 3.8) is 0 Å². The molecule has 0 amide bonds. The Labute approximate surface area is 169 Å². The molecule has 8 heteroatoms. The summed E-state index contributed by atoms with van der Waals surface area (Å²) in [6, 6.07) is 11.4. The van der Waals surface area contributed by atoms with Gasteiger partial charge in [-0.15, -0.1) is 0 Å². The molecule has 0 saturated heterocycles. The standard InChI is InChI=1S/C20H23N3O4S/c1-3-8-25-16-6-5-15(9-18(16)24-2)12-22-23-20(28)21-11-14-4-7-17-19(10-14)27-13-26-17/h4-7,9-10,12H,3,8,11,13H2,1-2H3,(H2,21,23,28)/b22-12-. The van der Waals surface area contributed by atoms with Crippen LogP contribution < -0.4 is 29.7 Å². The van der Waals surface area contributed by atoms with Crippen LogP contribution >= 0.6 is 12.2 Å². The van der Waals surface area contributed by atoms with Crippen molar-refractivity contribution in [1.29, 1.82) is 0 Å². The molecule has 1 aliphatic heterocycles. The number of benzene rings is 2. The van der Waals surface area contributed by atoms with Gasteiger partial charge in [-0.3, -0.25) is 5.43 Å². The number of hydrogen-bond acceptors (Lipinski definition) is 6. The van der Waals surface area contributed by atoms with Crippen molar-refractivity contribution >= 4 is 23.5 Å². The van der Waals surface area contributed by atoms with Gasteiger partial charge in [-0.2, -0.15) is 5.10 Å². The Morgan fingerprint density at radius 3 is 2.86 bits per heavy atom. The first kappa shape index (κ1) is 19.8. The summed E-state index contributed by atoms with van der Waals surface area (Å²) in [5.74, 6) is 2.89. The Balaban J connectivity index is 1.49. The van der Waals surface area contributed by atoms with Gasteiger partial charge >= 0.3 is 0 Å². The van der Waals surface area contributed by atoms with Crippen LogP contribution in [0.1, 0.15) is 24.5 Å². The van der Waals surface area contributed by atoms with Crippen molar-refractivity contribution in [2.45, 2.75) is 19.9 Å². The average molecular weight is 401 g/mol. The first-order valence-electron chi connectivity index (χ1n) is 8.96. The summed E-state index contributed by atoms with van der Waals surface area (Å²) in [6.07, 6.45) is 2.60. The van der Waals surface area contributed by atoms with Gasteiger partial charge in [-0.25, -0.2) is 0 Å². The largest absolute Gasteiger partial charge is 0.493 e. The number of methoxy groups -OCH3 is 1. The van der Waals surface area contributed by atoms with E-state index in [1.165, 1.54) is 0 Å². The van der Waals surface area contributed by atoms with Crippen molar-refractivity contribution < 1.29 is 18.9 Å². The molecule has 2 aromatic rings. The number of hydrazone groups is 1. The van der Waals surface area contributed by atoms with Crippen molar-refractivity contribution in [2.24, 2.45) is 5.10 Å². The fourth-order valence-electron chi connectivity index (χ4n) is 2.53. The fraction of sp³-hybridized carbons (Fsp3) is 0.300. The summed E-state index contributed by atoms with van der Waals surface area (Å²) in [5.41, 5.74) is 4.70. The minimum absolute atomic E-state index is 0.261. The zero-order valence-electron chi connectivity index (χ0n) is 15.9. The van der Waals surface area contributed by atoms with Crippen LogP contribution in [0, 0.1) is 0 Å². The third-order valence-electron chi connectivity index (χ3n) is 3.92. The molecule has 0 aliphatic carbocycles. The van der Waals surface area contributed by atoms with Gasteiger partial charge in [0.1, 0.15) is 0 Å². The van der Waals surface area contributed by atoms with Crippen LogP contribution in [-0.4, -0.2) is 31.8 Å². The maximum atomic E-state index is 5.64. The molecule has 148 valence electrons. The molecule has 1 aliphatic rings. The highest BCUT2D eigenvalue weighted by molar-refractivity contribution is 7.80. The molecule has 2 aromatic carbocycles. The predicted octanol–water partition coefficient (Wildman–Crippen LogP) is 3.21. The maximum absolute atomic E-state index is 5.64. The van der Waals surface area contributed by atoms with E-state index in [1.54, 1.807) is 13.3 Å². The molecular weight excluding hydrogens is 378 g/mol. The van der Waals surface area contributed by atoms with Crippen LogP contribution in [0.2, 0.25) is 0 Å². The lowest BCUT2D eigenvalue weighted by molar-refractivity contribution is 0.174. The quantitative estimate of drug-likeness (QED) is 0.400. The highest BCUT2D eigenvalue weighted by atomic mass is 32.1. The Morgan fingerprint density at radius 2 is 2.04 bits per heavy atom. The second kappa shape index (κ2) is 9.80. The lowest BCUT2D eigenvalue weighted by Crippen LogP contribution is -2.31. The van der Waals surface area contributed by atoms with Crippen LogP contribution in [-0.2, 0) is 6.54 Å². The molecule has 0 aromatic heterocycles. The molecule has 0 bridgehead atoms. The molecule has 0 fully saturated rings. The van der Waals surface area contributed by atoms with Gasteiger partial charge in [0.05, 0.1) is 19.9 Å². The summed E-state index contributed by atoms with van der Waals surface area (Å²) in [4.78, 5) is 0. The number of hydrogen-bond donors (Lipinski definition) is 2. The van der Waals surface area contributed by atoms with Gasteiger partial charge in [-0.05, 0) is 60.1 Å². The third-order valence-corrected chi connectivity index (χ3v) is 4.15. The zero-order chi connectivity index (χ0) is 19.8. The Bertz CT molecular complexity index is 857. The van der Waals surface area contributed by atoms with Crippen molar-refractivity contribution in [2.75, 3.05) is 20.5 Å². The second-order valence-corrected chi connectivity index (χ2v) is 6.41. The van der Waals surface area contributed by atoms with Crippen molar-refractivity contribution in [1.82, 2.24) is 10.7 Å². The molecule has 0 unspecified atom stereocenters. The Hall–Kier alpha value is -3.00. The van der Waals surface area contributed by atoms with Gasteiger partial charge in [0, 0.05) is 6.54 Å². The fourth-order valence-corrected chi connectivity index (χ4v) is 2.66. The van der Waals surface area contributed by atoms with Crippen LogP contribution in [0.4, 0.5) is 0 Å². The van der Waals surface area contributed by atoms with E-state index in [2.05, 4.69) is 22.8 Å². The average Bonchev–Trinajstić information content (AvgIpc) is 3.19. The predicted molar refractivity (Wildman–Crippen MR) is 112 cm³/mol. The smallest absolute Gasteiger partial charge is 0.231 e. The van der Waals surface area contributed by atoms with Crippen LogP contribution in [0.3, 0.4) is 0 Å². The summed E-state index contributed by atoms with van der Waals surface area (Å²) in [7, 11) is 1.61. The minimum atomic E-state index is 0.261. The van der Waals surface area contributed by atoms with E-state index in [0.717, 1.165) is 34.8 Å². The van der Waals surface area contributed by atoms with E-state index in [-0.39, 0.29) is 6.79 Å². The highest BCUT2D eigenvalue weighted by Crippen LogP contribution is 2.32. The van der Waals surface area contributed by atoms with E-state index >= 15 is 0 Å². The molecular formula is C20H23N3O4S. The number of fused-ring (bicyclic) bond motifs is 1. The monoisotopic (exact) mass is 401 g/mol. The number of thiocarbonyl (C=S) groups is 1. The Morgan fingerprint density at radius 1 is 1.18 bits per heavy atom. The normalized spacial score (nSPS) is 12.1. The molecule has 2 N–H and O–H groups in total. The lowest BCUT2D eigenvalue weighted by atomic mass is 10.2. The van der Waals surface area contributed by atoms with Crippen LogP contribution in [0.15, 0.2) is 41.5 Å². The first-order valence-corrected chi connectivity index (χ1v) is 9.36. The van der Waals surface area contributed by atoms with E-state index in [0.29, 0.717) is 24.0 Å². The van der Waals surface area contributed by atoms with Crippen LogP contribution in [0.5, 0.6) is 23.0 Å². The second-order valence-electron chi connectivity index (χ2n) is 6.00. The number of nitrogens with one attached hydrogen (secondary N) is 2. The van der Waals surface area contributed by atoms with Crippen molar-refractivity contribution in [3.8, 4) is 23.0 Å². The third kappa shape index (κ3) is 5.26. The summed E-state index contributed by atoms with van der Waals surface area (Å²) < 4.78 is 21.7. The number of rotatable bonds is 8. The van der Waals surface area contributed by atoms with Crippen LogP contribution in [0.25, 0.3) is 0 Å². The molecule has 0 saturated carbocycles. The highest BCUT2D eigenvalue weighted by Gasteiger charge is 2.13. The SMILES string of the molecule is CCCOc1ccc(/C=N\NC(=S)NCc2ccc3c(c2)OCO3)cc1OC. The summed E-state index contributed by atoms with van der Waals surface area (Å²) >= 11 is 5.25. The zero-order valence-corrected chi connectivity index (χ0v) is 16.7. The van der Waals surface area contributed by atoms with Gasteiger partial charge in [-0.1, -0.05) is 13.0 Å². The van der Waals surface area contributed by atoms with E-state index in [4.69, 9.17) is 31.2 Å². The molecule has 7 nitrogen and oxygen atoms in total. The lowest BCUT2D eigenvalue weighted by Gasteiger charge is -2.10. The van der Waals surface area contributed by atoms with Gasteiger partial charge < -0.3 is 24.3 Å². The first-order chi connectivity index (χ1) is 13.7.